The van der Waals surface area contributed by atoms with Crippen molar-refractivity contribution in [2.24, 2.45) is 0 Å². The van der Waals surface area contributed by atoms with Crippen molar-refractivity contribution in [2.45, 2.75) is 11.7 Å². The maximum absolute atomic E-state index is 12.0. The van der Waals surface area contributed by atoms with Gasteiger partial charge in [-0.15, -0.1) is 5.10 Å². The fraction of sp³-hybridized carbons (Fsp3) is 0.188. The van der Waals surface area contributed by atoms with E-state index >= 15 is 0 Å². The Morgan fingerprint density at radius 2 is 1.68 bits per heavy atom. The van der Waals surface area contributed by atoms with Crippen molar-refractivity contribution in [3.05, 3.63) is 66.2 Å². The van der Waals surface area contributed by atoms with E-state index in [-0.39, 0.29) is 5.75 Å². The molecule has 0 aliphatic rings. The highest BCUT2D eigenvalue weighted by Crippen LogP contribution is 2.17. The topological polar surface area (TPSA) is 87.0 Å². The van der Waals surface area contributed by atoms with Gasteiger partial charge in [-0.2, -0.15) is 8.42 Å². The van der Waals surface area contributed by atoms with Crippen LogP contribution in [0.4, 0.5) is 0 Å². The van der Waals surface area contributed by atoms with Gasteiger partial charge >= 0.3 is 10.1 Å². The summed E-state index contributed by atoms with van der Waals surface area (Å²) in [6.07, 6.45) is 0. The summed E-state index contributed by atoms with van der Waals surface area (Å²) in [4.78, 5) is 0. The Bertz CT molecular complexity index is 899. The lowest BCUT2D eigenvalue weighted by atomic mass is 10.2. The standard InChI is InChI=1S/C16H16N4O3S2/c21-25(22,23-15-9-5-2-6-10-15)12-11-24-16-17-18-19-20(16)13-14-7-3-1-4-8-14/h1-10H,11-13H2. The Balaban J connectivity index is 1.55. The van der Waals surface area contributed by atoms with Crippen LogP contribution in [0.3, 0.4) is 0 Å². The number of hydrogen-bond donors (Lipinski definition) is 0. The third kappa shape index (κ3) is 5.30. The first-order valence-corrected chi connectivity index (χ1v) is 10.1. The Hall–Kier alpha value is -2.39. The van der Waals surface area contributed by atoms with E-state index in [1.807, 2.05) is 30.3 Å². The number of nitrogens with zero attached hydrogens (tertiary/aromatic N) is 4. The predicted molar refractivity (Wildman–Crippen MR) is 94.9 cm³/mol. The quantitative estimate of drug-likeness (QED) is 0.440. The number of tetrazole rings is 1. The second kappa shape index (κ2) is 8.13. The zero-order chi connectivity index (χ0) is 17.5. The minimum Gasteiger partial charge on any atom is -0.382 e. The molecule has 3 rings (SSSR count). The smallest absolute Gasteiger partial charge is 0.310 e. The summed E-state index contributed by atoms with van der Waals surface area (Å²) in [6, 6.07) is 18.2. The molecule has 25 heavy (non-hydrogen) atoms. The van der Waals surface area contributed by atoms with Crippen LogP contribution in [0.2, 0.25) is 0 Å². The lowest BCUT2D eigenvalue weighted by Gasteiger charge is -2.07. The number of rotatable bonds is 8. The molecule has 9 heteroatoms. The molecule has 0 bridgehead atoms. The van der Waals surface area contributed by atoms with E-state index in [1.54, 1.807) is 35.0 Å². The fourth-order valence-electron chi connectivity index (χ4n) is 2.05. The molecule has 0 radical (unpaired) electrons. The maximum atomic E-state index is 12.0. The largest absolute Gasteiger partial charge is 0.382 e. The lowest BCUT2D eigenvalue weighted by Crippen LogP contribution is -2.15. The van der Waals surface area contributed by atoms with Crippen LogP contribution < -0.4 is 4.18 Å². The minimum absolute atomic E-state index is 0.134. The summed E-state index contributed by atoms with van der Waals surface area (Å²) in [5.74, 6) is 0.469. The molecule has 0 aliphatic carbocycles. The van der Waals surface area contributed by atoms with E-state index in [2.05, 4.69) is 15.5 Å². The first kappa shape index (κ1) is 17.4. The Kier molecular flexibility index (Phi) is 5.67. The van der Waals surface area contributed by atoms with Crippen LogP contribution in [0.15, 0.2) is 65.8 Å². The van der Waals surface area contributed by atoms with Gasteiger partial charge in [-0.25, -0.2) is 4.68 Å². The summed E-state index contributed by atoms with van der Waals surface area (Å²) < 4.78 is 30.7. The zero-order valence-corrected chi connectivity index (χ0v) is 14.9. The molecule has 0 unspecified atom stereocenters. The molecule has 1 heterocycles. The molecule has 0 aliphatic heterocycles. The first-order valence-electron chi connectivity index (χ1n) is 7.52. The van der Waals surface area contributed by atoms with Crippen molar-refractivity contribution >= 4 is 21.9 Å². The summed E-state index contributed by atoms with van der Waals surface area (Å²) in [5, 5.41) is 12.1. The first-order chi connectivity index (χ1) is 12.1. The van der Waals surface area contributed by atoms with E-state index in [1.165, 1.54) is 11.8 Å². The van der Waals surface area contributed by atoms with Crippen molar-refractivity contribution in [1.29, 1.82) is 0 Å². The third-order valence-corrected chi connectivity index (χ3v) is 5.57. The van der Waals surface area contributed by atoms with Crippen LogP contribution in [0.25, 0.3) is 0 Å². The average Bonchev–Trinajstić information content (AvgIpc) is 3.03. The van der Waals surface area contributed by atoms with E-state index in [4.69, 9.17) is 4.18 Å². The van der Waals surface area contributed by atoms with Crippen molar-refractivity contribution in [3.8, 4) is 5.75 Å². The van der Waals surface area contributed by atoms with Crippen molar-refractivity contribution in [1.82, 2.24) is 20.2 Å². The highest BCUT2D eigenvalue weighted by molar-refractivity contribution is 8.00. The SMILES string of the molecule is O=S(=O)(CCSc1nnnn1Cc1ccccc1)Oc1ccccc1. The van der Waals surface area contributed by atoms with Gasteiger partial charge in [0.25, 0.3) is 0 Å². The minimum atomic E-state index is -3.66. The van der Waals surface area contributed by atoms with Crippen LogP contribution >= 0.6 is 11.8 Å². The number of hydrogen-bond acceptors (Lipinski definition) is 7. The molecule has 3 aromatic rings. The second-order valence-corrected chi connectivity index (χ2v) is 7.86. The monoisotopic (exact) mass is 376 g/mol. The molecule has 2 aromatic carbocycles. The number of benzene rings is 2. The van der Waals surface area contributed by atoms with Crippen molar-refractivity contribution in [2.75, 3.05) is 11.5 Å². The van der Waals surface area contributed by atoms with Gasteiger partial charge in [0.15, 0.2) is 0 Å². The second-order valence-electron chi connectivity index (χ2n) is 5.11. The molecule has 0 saturated heterocycles. The molecule has 0 fully saturated rings. The van der Waals surface area contributed by atoms with Gasteiger partial charge in [-0.3, -0.25) is 0 Å². The summed E-state index contributed by atoms with van der Waals surface area (Å²) in [5.41, 5.74) is 1.07. The van der Waals surface area contributed by atoms with Gasteiger partial charge < -0.3 is 4.18 Å². The highest BCUT2D eigenvalue weighted by atomic mass is 32.2. The third-order valence-electron chi connectivity index (χ3n) is 3.21. The summed E-state index contributed by atoms with van der Waals surface area (Å²) in [6.45, 7) is 0.531. The van der Waals surface area contributed by atoms with Gasteiger partial charge in [0.1, 0.15) is 5.75 Å². The van der Waals surface area contributed by atoms with E-state index in [0.29, 0.717) is 23.2 Å². The fourth-order valence-corrected chi connectivity index (χ4v) is 4.22. The Morgan fingerprint density at radius 1 is 1.00 bits per heavy atom. The molecule has 7 nitrogen and oxygen atoms in total. The molecule has 0 saturated carbocycles. The van der Waals surface area contributed by atoms with Crippen LogP contribution in [-0.4, -0.2) is 40.1 Å². The molecule has 0 N–H and O–H groups in total. The van der Waals surface area contributed by atoms with E-state index in [9.17, 15) is 8.42 Å². The zero-order valence-electron chi connectivity index (χ0n) is 13.2. The molecule has 130 valence electrons. The Morgan fingerprint density at radius 3 is 2.40 bits per heavy atom. The molecular formula is C16H16N4O3S2. The lowest BCUT2D eigenvalue weighted by molar-refractivity contribution is 0.488. The number of para-hydroxylation sites is 1. The maximum Gasteiger partial charge on any atom is 0.310 e. The molecule has 0 amide bonds. The normalized spacial score (nSPS) is 11.4. The predicted octanol–water partition coefficient (Wildman–Crippen LogP) is 2.22. The average molecular weight is 376 g/mol. The van der Waals surface area contributed by atoms with Crippen molar-refractivity contribution in [3.63, 3.8) is 0 Å². The molecule has 1 aromatic heterocycles. The molecular weight excluding hydrogens is 360 g/mol. The van der Waals surface area contributed by atoms with Crippen molar-refractivity contribution < 1.29 is 12.6 Å². The highest BCUT2D eigenvalue weighted by Gasteiger charge is 2.15. The van der Waals surface area contributed by atoms with Gasteiger partial charge in [0.2, 0.25) is 5.16 Å². The number of thioether (sulfide) groups is 1. The van der Waals surface area contributed by atoms with Gasteiger partial charge in [-0.1, -0.05) is 60.3 Å². The van der Waals surface area contributed by atoms with Gasteiger partial charge in [0, 0.05) is 5.75 Å². The van der Waals surface area contributed by atoms with E-state index in [0.717, 1.165) is 5.56 Å². The van der Waals surface area contributed by atoms with Gasteiger partial charge in [0.05, 0.1) is 12.3 Å². The van der Waals surface area contributed by atoms with Crippen LogP contribution in [0.5, 0.6) is 5.75 Å². The molecule has 0 atom stereocenters. The van der Waals surface area contributed by atoms with Gasteiger partial charge in [-0.05, 0) is 28.1 Å². The summed E-state index contributed by atoms with van der Waals surface area (Å²) in [7, 11) is -3.66. The van der Waals surface area contributed by atoms with Crippen LogP contribution in [-0.2, 0) is 16.7 Å². The van der Waals surface area contributed by atoms with Crippen LogP contribution in [0, 0.1) is 0 Å². The Labute approximate surface area is 150 Å². The van der Waals surface area contributed by atoms with Crippen LogP contribution in [0.1, 0.15) is 5.56 Å². The summed E-state index contributed by atoms with van der Waals surface area (Å²) >= 11 is 1.28. The number of aromatic nitrogens is 4. The van der Waals surface area contributed by atoms with E-state index < -0.39 is 10.1 Å². The molecule has 0 spiro atoms.